The normalized spacial score (nSPS) is 15.3. The Kier molecular flexibility index (Phi) is 3.71. The predicted octanol–water partition coefficient (Wildman–Crippen LogP) is 2.20. The smallest absolute Gasteiger partial charge is 0.115 e. The van der Waals surface area contributed by atoms with E-state index in [4.69, 9.17) is 0 Å². The first-order valence-corrected chi connectivity index (χ1v) is 8.15. The molecule has 0 aliphatic carbocycles. The average Bonchev–Trinajstić information content (AvgIpc) is 3.00. The lowest BCUT2D eigenvalue weighted by Gasteiger charge is -2.29. The van der Waals surface area contributed by atoms with Gasteiger partial charge in [-0.15, -0.1) is 5.10 Å². The summed E-state index contributed by atoms with van der Waals surface area (Å²) in [5.74, 6) is 0. The fourth-order valence-electron chi connectivity index (χ4n) is 3.15. The van der Waals surface area contributed by atoms with Crippen LogP contribution in [0.15, 0.2) is 42.5 Å². The maximum atomic E-state index is 4.37. The van der Waals surface area contributed by atoms with Crippen molar-refractivity contribution in [1.82, 2.24) is 20.3 Å². The molecule has 5 nitrogen and oxygen atoms in total. The van der Waals surface area contributed by atoms with Crippen molar-refractivity contribution < 1.29 is 0 Å². The molecular formula is C18H21N5. The number of aryl methyl sites for hydroxylation is 1. The zero-order valence-corrected chi connectivity index (χ0v) is 13.4. The summed E-state index contributed by atoms with van der Waals surface area (Å²) < 4.78 is 1.99. The fraction of sp³-hybridized carbons (Fsp3) is 0.333. The van der Waals surface area contributed by atoms with Gasteiger partial charge in [0.15, 0.2) is 0 Å². The highest BCUT2D eigenvalue weighted by Gasteiger charge is 2.13. The van der Waals surface area contributed by atoms with E-state index in [9.17, 15) is 0 Å². The Morgan fingerprint density at radius 3 is 2.74 bits per heavy atom. The maximum Gasteiger partial charge on any atom is 0.115 e. The van der Waals surface area contributed by atoms with E-state index in [0.29, 0.717) is 0 Å². The minimum absolute atomic E-state index is 0.760. The number of hydrogen-bond donors (Lipinski definition) is 1. The number of hydrogen-bond acceptors (Lipinski definition) is 4. The molecule has 2 aromatic carbocycles. The Bertz CT molecular complexity index is 817. The summed E-state index contributed by atoms with van der Waals surface area (Å²) in [5, 5.41) is 12.1. The Morgan fingerprint density at radius 1 is 1.09 bits per heavy atom. The molecule has 1 aromatic heterocycles. The van der Waals surface area contributed by atoms with Crippen molar-refractivity contribution in [3.05, 3.63) is 53.6 Å². The van der Waals surface area contributed by atoms with Crippen molar-refractivity contribution in [2.45, 2.75) is 13.5 Å². The van der Waals surface area contributed by atoms with Crippen LogP contribution in [0.1, 0.15) is 11.1 Å². The van der Waals surface area contributed by atoms with Crippen molar-refractivity contribution >= 4 is 16.7 Å². The third-order valence-corrected chi connectivity index (χ3v) is 4.56. The van der Waals surface area contributed by atoms with Gasteiger partial charge < -0.3 is 10.2 Å². The van der Waals surface area contributed by atoms with Gasteiger partial charge in [-0.3, -0.25) is 0 Å². The Labute approximate surface area is 135 Å². The molecule has 1 aliphatic heterocycles. The predicted molar refractivity (Wildman–Crippen MR) is 92.9 cm³/mol. The van der Waals surface area contributed by atoms with Crippen LogP contribution in [0, 0.1) is 6.92 Å². The minimum atomic E-state index is 0.760. The van der Waals surface area contributed by atoms with Crippen molar-refractivity contribution in [2.75, 3.05) is 31.1 Å². The van der Waals surface area contributed by atoms with Crippen molar-refractivity contribution in [2.24, 2.45) is 0 Å². The molecule has 0 amide bonds. The standard InChI is InChI=1S/C18H21N5/c1-14-4-2-3-5-15(14)13-23-18-7-6-16(12-17(18)20-21-23)22-10-8-19-9-11-22/h2-7,12,19H,8-11,13H2,1H3. The van der Waals surface area contributed by atoms with Crippen LogP contribution in [0.2, 0.25) is 0 Å². The molecule has 0 saturated carbocycles. The molecule has 5 heteroatoms. The molecule has 0 bridgehead atoms. The third-order valence-electron chi connectivity index (χ3n) is 4.56. The van der Waals surface area contributed by atoms with E-state index in [1.165, 1.54) is 16.8 Å². The fourth-order valence-corrected chi connectivity index (χ4v) is 3.15. The number of rotatable bonds is 3. The lowest BCUT2D eigenvalue weighted by Crippen LogP contribution is -2.43. The highest BCUT2D eigenvalue weighted by atomic mass is 15.4. The molecule has 1 N–H and O–H groups in total. The SMILES string of the molecule is Cc1ccccc1Cn1nnc2cc(N3CCNCC3)ccc21. The van der Waals surface area contributed by atoms with Crippen LogP contribution in [0.5, 0.6) is 0 Å². The lowest BCUT2D eigenvalue weighted by atomic mass is 10.1. The van der Waals surface area contributed by atoms with E-state index >= 15 is 0 Å². The van der Waals surface area contributed by atoms with Gasteiger partial charge in [0.1, 0.15) is 5.52 Å². The second kappa shape index (κ2) is 6.01. The summed E-state index contributed by atoms with van der Waals surface area (Å²) in [7, 11) is 0. The molecule has 2 heterocycles. The minimum Gasteiger partial charge on any atom is -0.369 e. The van der Waals surface area contributed by atoms with Crippen molar-refractivity contribution in [3.63, 3.8) is 0 Å². The van der Waals surface area contributed by atoms with Gasteiger partial charge in [0, 0.05) is 31.9 Å². The summed E-state index contributed by atoms with van der Waals surface area (Å²) in [5.41, 5.74) is 5.86. The van der Waals surface area contributed by atoms with E-state index in [2.05, 4.69) is 69.9 Å². The maximum absolute atomic E-state index is 4.37. The molecule has 0 atom stereocenters. The van der Waals surface area contributed by atoms with Gasteiger partial charge in [0.25, 0.3) is 0 Å². The number of aromatic nitrogens is 3. The van der Waals surface area contributed by atoms with Crippen LogP contribution >= 0.6 is 0 Å². The second-order valence-corrected chi connectivity index (χ2v) is 6.08. The number of fused-ring (bicyclic) bond motifs is 1. The van der Waals surface area contributed by atoms with Gasteiger partial charge in [-0.2, -0.15) is 0 Å². The van der Waals surface area contributed by atoms with E-state index in [1.54, 1.807) is 0 Å². The van der Waals surface area contributed by atoms with Crippen LogP contribution in [-0.2, 0) is 6.54 Å². The Morgan fingerprint density at radius 2 is 1.91 bits per heavy atom. The van der Waals surface area contributed by atoms with Gasteiger partial charge in [0.05, 0.1) is 12.1 Å². The molecule has 0 unspecified atom stereocenters. The number of piperazine rings is 1. The quantitative estimate of drug-likeness (QED) is 0.806. The van der Waals surface area contributed by atoms with Gasteiger partial charge in [0.2, 0.25) is 0 Å². The van der Waals surface area contributed by atoms with Crippen LogP contribution in [0.3, 0.4) is 0 Å². The summed E-state index contributed by atoms with van der Waals surface area (Å²) in [4.78, 5) is 2.40. The monoisotopic (exact) mass is 307 g/mol. The molecule has 118 valence electrons. The number of nitrogens with zero attached hydrogens (tertiary/aromatic N) is 4. The number of nitrogens with one attached hydrogen (secondary N) is 1. The van der Waals surface area contributed by atoms with Crippen molar-refractivity contribution in [1.29, 1.82) is 0 Å². The molecule has 1 saturated heterocycles. The summed E-state index contributed by atoms with van der Waals surface area (Å²) in [6.07, 6.45) is 0. The van der Waals surface area contributed by atoms with E-state index in [1.807, 2.05) is 4.68 Å². The first kappa shape index (κ1) is 14.2. The first-order valence-electron chi connectivity index (χ1n) is 8.15. The van der Waals surface area contributed by atoms with E-state index in [-0.39, 0.29) is 0 Å². The summed E-state index contributed by atoms with van der Waals surface area (Å²) in [6, 6.07) is 14.9. The second-order valence-electron chi connectivity index (χ2n) is 6.08. The molecule has 1 fully saturated rings. The average molecular weight is 307 g/mol. The first-order chi connectivity index (χ1) is 11.3. The highest BCUT2D eigenvalue weighted by molar-refractivity contribution is 5.79. The summed E-state index contributed by atoms with van der Waals surface area (Å²) in [6.45, 7) is 7.06. The molecule has 4 rings (SSSR count). The largest absolute Gasteiger partial charge is 0.369 e. The number of anilines is 1. The summed E-state index contributed by atoms with van der Waals surface area (Å²) >= 11 is 0. The highest BCUT2D eigenvalue weighted by Crippen LogP contribution is 2.22. The Hall–Kier alpha value is -2.40. The molecule has 0 spiro atoms. The third kappa shape index (κ3) is 2.80. The lowest BCUT2D eigenvalue weighted by molar-refractivity contribution is 0.589. The molecular weight excluding hydrogens is 286 g/mol. The molecule has 23 heavy (non-hydrogen) atoms. The van der Waals surface area contributed by atoms with Gasteiger partial charge >= 0.3 is 0 Å². The van der Waals surface area contributed by atoms with Crippen LogP contribution in [0.4, 0.5) is 5.69 Å². The van der Waals surface area contributed by atoms with E-state index in [0.717, 1.165) is 43.8 Å². The van der Waals surface area contributed by atoms with E-state index < -0.39 is 0 Å². The zero-order valence-electron chi connectivity index (χ0n) is 13.4. The van der Waals surface area contributed by atoms with Gasteiger partial charge in [-0.25, -0.2) is 4.68 Å². The zero-order chi connectivity index (χ0) is 15.6. The Balaban J connectivity index is 1.64. The molecule has 1 aliphatic rings. The van der Waals surface area contributed by atoms with Crippen LogP contribution < -0.4 is 10.2 Å². The van der Waals surface area contributed by atoms with Gasteiger partial charge in [-0.1, -0.05) is 29.5 Å². The van der Waals surface area contributed by atoms with Crippen LogP contribution in [0.25, 0.3) is 11.0 Å². The van der Waals surface area contributed by atoms with Gasteiger partial charge in [-0.05, 0) is 36.2 Å². The number of benzene rings is 2. The van der Waals surface area contributed by atoms with Crippen LogP contribution in [-0.4, -0.2) is 41.2 Å². The van der Waals surface area contributed by atoms with Crippen molar-refractivity contribution in [3.8, 4) is 0 Å². The molecule has 0 radical (unpaired) electrons. The topological polar surface area (TPSA) is 46.0 Å². The molecule has 3 aromatic rings.